The van der Waals surface area contributed by atoms with Crippen molar-refractivity contribution in [1.29, 1.82) is 0 Å². The van der Waals surface area contributed by atoms with Gasteiger partial charge >= 0.3 is 6.18 Å². The number of benzene rings is 1. The highest BCUT2D eigenvalue weighted by atomic mass is 35.5. The number of carbonyl (C=O) groups is 1. The summed E-state index contributed by atoms with van der Waals surface area (Å²) < 4.78 is 37.0. The van der Waals surface area contributed by atoms with Crippen LogP contribution in [0.4, 0.5) is 13.2 Å². The summed E-state index contributed by atoms with van der Waals surface area (Å²) in [5.41, 5.74) is 5.53. The van der Waals surface area contributed by atoms with Crippen molar-refractivity contribution in [2.24, 2.45) is 11.7 Å². The molecule has 1 unspecified atom stereocenters. The van der Waals surface area contributed by atoms with Gasteiger partial charge in [0.1, 0.15) is 0 Å². The Morgan fingerprint density at radius 2 is 1.75 bits per heavy atom. The molecule has 0 spiro atoms. The molecule has 0 fully saturated rings. The smallest absolute Gasteiger partial charge is 0.351 e. The van der Waals surface area contributed by atoms with Crippen molar-refractivity contribution >= 4 is 18.3 Å². The fraction of sp³-hybridized carbons (Fsp3) is 0.462. The Morgan fingerprint density at radius 3 is 2.15 bits per heavy atom. The highest BCUT2D eigenvalue weighted by Gasteiger charge is 2.29. The van der Waals surface area contributed by atoms with Gasteiger partial charge in [-0.2, -0.15) is 13.2 Å². The summed E-state index contributed by atoms with van der Waals surface area (Å²) in [6, 6.07) is 4.04. The minimum atomic E-state index is -4.35. The Labute approximate surface area is 122 Å². The molecule has 1 rings (SSSR count). The molecule has 0 aliphatic rings. The third-order valence-corrected chi connectivity index (χ3v) is 2.77. The number of nitrogens with two attached hydrogens (primary N) is 1. The summed E-state index contributed by atoms with van der Waals surface area (Å²) in [6.45, 7) is 3.81. The minimum absolute atomic E-state index is 0. The Kier molecular flexibility index (Phi) is 7.02. The second-order valence-electron chi connectivity index (χ2n) is 4.68. The number of rotatable bonds is 4. The maximum absolute atomic E-state index is 12.3. The van der Waals surface area contributed by atoms with Crippen LogP contribution >= 0.6 is 12.4 Å². The van der Waals surface area contributed by atoms with E-state index in [0.717, 1.165) is 12.1 Å². The normalized spacial score (nSPS) is 12.8. The van der Waals surface area contributed by atoms with Gasteiger partial charge in [-0.3, -0.25) is 4.79 Å². The van der Waals surface area contributed by atoms with Crippen LogP contribution in [0.25, 0.3) is 0 Å². The van der Waals surface area contributed by atoms with Crippen molar-refractivity contribution in [2.45, 2.75) is 32.6 Å². The zero-order chi connectivity index (χ0) is 14.6. The lowest BCUT2D eigenvalue weighted by molar-refractivity contribution is -0.137. The lowest BCUT2D eigenvalue weighted by Crippen LogP contribution is -2.43. The van der Waals surface area contributed by atoms with E-state index in [1.165, 1.54) is 12.1 Å². The first-order chi connectivity index (χ1) is 8.71. The lowest BCUT2D eigenvalue weighted by atomic mass is 10.0. The number of amides is 1. The van der Waals surface area contributed by atoms with Crippen LogP contribution in [0.2, 0.25) is 0 Å². The summed E-state index contributed by atoms with van der Waals surface area (Å²) in [5.74, 6) is -0.303. The van der Waals surface area contributed by atoms with Gasteiger partial charge in [-0.05, 0) is 23.6 Å². The van der Waals surface area contributed by atoms with E-state index in [1.54, 1.807) is 0 Å². The van der Waals surface area contributed by atoms with Gasteiger partial charge < -0.3 is 11.1 Å². The molecule has 1 aromatic rings. The zero-order valence-electron chi connectivity index (χ0n) is 11.2. The van der Waals surface area contributed by atoms with Crippen molar-refractivity contribution in [3.8, 4) is 0 Å². The average Bonchev–Trinajstić information content (AvgIpc) is 2.34. The van der Waals surface area contributed by atoms with Crippen molar-refractivity contribution in [3.63, 3.8) is 0 Å². The highest BCUT2D eigenvalue weighted by molar-refractivity contribution is 5.85. The molecule has 0 bridgehead atoms. The number of hydrogen-bond donors (Lipinski definition) is 2. The lowest BCUT2D eigenvalue weighted by Gasteiger charge is -2.15. The van der Waals surface area contributed by atoms with E-state index in [1.807, 2.05) is 13.8 Å². The van der Waals surface area contributed by atoms with Crippen LogP contribution in [0.15, 0.2) is 24.3 Å². The van der Waals surface area contributed by atoms with E-state index < -0.39 is 17.8 Å². The molecular weight excluding hydrogens is 293 g/mol. The fourth-order valence-corrected chi connectivity index (χ4v) is 1.42. The van der Waals surface area contributed by atoms with Gasteiger partial charge in [0.05, 0.1) is 11.6 Å². The Morgan fingerprint density at radius 1 is 1.25 bits per heavy atom. The van der Waals surface area contributed by atoms with Gasteiger partial charge in [0.2, 0.25) is 5.91 Å². The topological polar surface area (TPSA) is 55.1 Å². The van der Waals surface area contributed by atoms with Crippen molar-refractivity contribution < 1.29 is 18.0 Å². The Balaban J connectivity index is 0.00000361. The molecule has 20 heavy (non-hydrogen) atoms. The fourth-order valence-electron chi connectivity index (χ4n) is 1.42. The van der Waals surface area contributed by atoms with Crippen molar-refractivity contribution in [3.05, 3.63) is 35.4 Å². The zero-order valence-corrected chi connectivity index (χ0v) is 12.0. The minimum Gasteiger partial charge on any atom is -0.351 e. The van der Waals surface area contributed by atoms with E-state index in [2.05, 4.69) is 5.32 Å². The van der Waals surface area contributed by atoms with E-state index in [-0.39, 0.29) is 30.8 Å². The molecule has 1 aromatic carbocycles. The first-order valence-corrected chi connectivity index (χ1v) is 5.91. The van der Waals surface area contributed by atoms with E-state index >= 15 is 0 Å². The summed E-state index contributed by atoms with van der Waals surface area (Å²) in [7, 11) is 0. The molecule has 3 nitrogen and oxygen atoms in total. The standard InChI is InChI=1S/C13H17F3N2O.ClH/c1-8(2)11(17)12(19)18-7-9-3-5-10(6-4-9)13(14,15)16;/h3-6,8,11H,7,17H2,1-2H3,(H,18,19);1H. The molecule has 0 saturated heterocycles. The van der Waals surface area contributed by atoms with Crippen LogP contribution in [-0.2, 0) is 17.5 Å². The van der Waals surface area contributed by atoms with Crippen LogP contribution in [0.5, 0.6) is 0 Å². The van der Waals surface area contributed by atoms with Gasteiger partial charge in [-0.25, -0.2) is 0 Å². The monoisotopic (exact) mass is 310 g/mol. The number of hydrogen-bond acceptors (Lipinski definition) is 2. The van der Waals surface area contributed by atoms with Crippen LogP contribution in [0, 0.1) is 5.92 Å². The van der Waals surface area contributed by atoms with Crippen LogP contribution in [0.3, 0.4) is 0 Å². The Bertz CT molecular complexity index is 432. The van der Waals surface area contributed by atoms with Crippen LogP contribution in [-0.4, -0.2) is 11.9 Å². The summed E-state index contributed by atoms with van der Waals surface area (Å²) in [4.78, 5) is 11.6. The third kappa shape index (κ3) is 5.38. The van der Waals surface area contributed by atoms with Gasteiger partial charge in [-0.15, -0.1) is 12.4 Å². The predicted molar refractivity (Wildman–Crippen MR) is 73.4 cm³/mol. The third-order valence-electron chi connectivity index (χ3n) is 2.77. The van der Waals surface area contributed by atoms with Crippen molar-refractivity contribution in [2.75, 3.05) is 0 Å². The highest BCUT2D eigenvalue weighted by Crippen LogP contribution is 2.28. The molecule has 0 radical (unpaired) electrons. The molecule has 1 amide bonds. The summed E-state index contributed by atoms with van der Waals surface area (Å²) >= 11 is 0. The largest absolute Gasteiger partial charge is 0.416 e. The Hall–Kier alpha value is -1.27. The number of halogens is 4. The molecule has 0 heterocycles. The first-order valence-electron chi connectivity index (χ1n) is 5.91. The van der Waals surface area contributed by atoms with Crippen LogP contribution in [0.1, 0.15) is 25.0 Å². The second kappa shape index (κ2) is 7.50. The van der Waals surface area contributed by atoms with Crippen molar-refractivity contribution in [1.82, 2.24) is 5.32 Å². The maximum atomic E-state index is 12.3. The van der Waals surface area contributed by atoms with Crippen LogP contribution < -0.4 is 11.1 Å². The molecule has 0 aromatic heterocycles. The average molecular weight is 311 g/mol. The summed E-state index contributed by atoms with van der Waals surface area (Å²) in [5, 5.41) is 2.59. The summed E-state index contributed by atoms with van der Waals surface area (Å²) in [6.07, 6.45) is -4.35. The number of carbonyl (C=O) groups excluding carboxylic acids is 1. The SMILES string of the molecule is CC(C)C(N)C(=O)NCc1ccc(C(F)(F)F)cc1.Cl. The van der Waals surface area contributed by atoms with Gasteiger partial charge in [0.25, 0.3) is 0 Å². The second-order valence-corrected chi connectivity index (χ2v) is 4.68. The predicted octanol–water partition coefficient (Wildman–Crippen LogP) is 2.73. The van der Waals surface area contributed by atoms with E-state index in [9.17, 15) is 18.0 Å². The molecular formula is C13H18ClF3N2O. The van der Waals surface area contributed by atoms with E-state index in [0.29, 0.717) is 5.56 Å². The van der Waals surface area contributed by atoms with Gasteiger partial charge in [0, 0.05) is 6.54 Å². The number of alkyl halides is 3. The quantitative estimate of drug-likeness (QED) is 0.898. The number of nitrogens with one attached hydrogen (secondary N) is 1. The molecule has 3 N–H and O–H groups in total. The van der Waals surface area contributed by atoms with Gasteiger partial charge in [-0.1, -0.05) is 26.0 Å². The molecule has 7 heteroatoms. The van der Waals surface area contributed by atoms with Gasteiger partial charge in [0.15, 0.2) is 0 Å². The molecule has 114 valence electrons. The maximum Gasteiger partial charge on any atom is 0.416 e. The van der Waals surface area contributed by atoms with E-state index in [4.69, 9.17) is 5.73 Å². The first kappa shape index (κ1) is 18.7. The molecule has 0 aliphatic carbocycles. The molecule has 0 saturated carbocycles. The molecule has 0 aliphatic heterocycles. The molecule has 1 atom stereocenters.